The maximum Gasteiger partial charge on any atom is 0.167 e. The van der Waals surface area contributed by atoms with Crippen LogP contribution in [0.2, 0.25) is 0 Å². The first-order valence-corrected chi connectivity index (χ1v) is 18.0. The third-order valence-corrected chi connectivity index (χ3v) is 11.4. The Kier molecular flexibility index (Phi) is 6.86. The fourth-order valence-electron chi connectivity index (χ4n) is 9.19. The minimum atomic E-state index is 0.106. The van der Waals surface area contributed by atoms with Crippen LogP contribution >= 0.6 is 0 Å². The van der Waals surface area contributed by atoms with Crippen molar-refractivity contribution in [2.75, 3.05) is 0 Å². The Morgan fingerprint density at radius 2 is 1.37 bits per heavy atom. The van der Waals surface area contributed by atoms with E-state index in [9.17, 15) is 5.26 Å². The van der Waals surface area contributed by atoms with Crippen LogP contribution in [0.1, 0.15) is 60.8 Å². The molecule has 244 valence electrons. The van der Waals surface area contributed by atoms with Crippen LogP contribution in [0.5, 0.6) is 0 Å². The molecule has 1 fully saturated rings. The fourth-order valence-corrected chi connectivity index (χ4v) is 9.19. The number of fused-ring (bicyclic) bond motifs is 8. The van der Waals surface area contributed by atoms with Crippen molar-refractivity contribution in [3.8, 4) is 40.2 Å². The summed E-state index contributed by atoms with van der Waals surface area (Å²) >= 11 is 0. The second-order valence-corrected chi connectivity index (χ2v) is 14.1. The summed E-state index contributed by atoms with van der Waals surface area (Å²) in [6.07, 6.45) is 11.8. The highest BCUT2D eigenvalue weighted by Crippen LogP contribution is 2.61. The van der Waals surface area contributed by atoms with E-state index < -0.39 is 0 Å². The molecule has 0 aliphatic heterocycles. The van der Waals surface area contributed by atoms with E-state index in [0.717, 1.165) is 56.2 Å². The van der Waals surface area contributed by atoms with Crippen LogP contribution in [0.3, 0.4) is 0 Å². The molecule has 10 rings (SSSR count). The van der Waals surface area contributed by atoms with Crippen molar-refractivity contribution >= 4 is 33.1 Å². The van der Waals surface area contributed by atoms with Crippen LogP contribution in [-0.4, -0.2) is 15.0 Å². The molecule has 0 saturated heterocycles. The number of allylic oxidation sites excluding steroid dienone is 4. The van der Waals surface area contributed by atoms with Crippen LogP contribution in [0.15, 0.2) is 132 Å². The van der Waals surface area contributed by atoms with Gasteiger partial charge in [0.25, 0.3) is 0 Å². The third kappa shape index (κ3) is 4.63. The van der Waals surface area contributed by atoms with Crippen molar-refractivity contribution in [1.82, 2.24) is 15.0 Å². The SMILES string of the molecule is N#Cc1cccc2c1C1=C(c3ccc4oc5c(-c6nc(-c7ccccc7)nc(-c7ccccc7)n6)cccc5c4c3)C=CCC1C21CCCCC1. The molecule has 0 bridgehead atoms. The van der Waals surface area contributed by atoms with Gasteiger partial charge in [-0.25, -0.2) is 15.0 Å². The molecule has 2 heterocycles. The first-order chi connectivity index (χ1) is 25.2. The third-order valence-electron chi connectivity index (χ3n) is 11.4. The summed E-state index contributed by atoms with van der Waals surface area (Å²) in [5.41, 5.74) is 11.5. The van der Waals surface area contributed by atoms with Gasteiger partial charge in [-0.15, -0.1) is 0 Å². The highest BCUT2D eigenvalue weighted by molar-refractivity contribution is 6.11. The van der Waals surface area contributed by atoms with Gasteiger partial charge in [0.2, 0.25) is 0 Å². The highest BCUT2D eigenvalue weighted by Gasteiger charge is 2.51. The van der Waals surface area contributed by atoms with Crippen LogP contribution in [-0.2, 0) is 5.41 Å². The molecule has 0 amide bonds. The molecule has 3 aliphatic rings. The first-order valence-electron chi connectivity index (χ1n) is 18.0. The van der Waals surface area contributed by atoms with Gasteiger partial charge in [-0.1, -0.05) is 122 Å². The van der Waals surface area contributed by atoms with Crippen molar-refractivity contribution in [3.05, 3.63) is 150 Å². The second-order valence-electron chi connectivity index (χ2n) is 14.1. The number of aromatic nitrogens is 3. The van der Waals surface area contributed by atoms with Crippen molar-refractivity contribution in [1.29, 1.82) is 5.26 Å². The topological polar surface area (TPSA) is 75.6 Å². The minimum absolute atomic E-state index is 0.106. The largest absolute Gasteiger partial charge is 0.455 e. The van der Waals surface area contributed by atoms with E-state index in [-0.39, 0.29) is 5.41 Å². The monoisotopic (exact) mass is 658 g/mol. The van der Waals surface area contributed by atoms with Crippen LogP contribution in [0.25, 0.3) is 67.2 Å². The molecule has 1 spiro atoms. The van der Waals surface area contributed by atoms with Gasteiger partial charge in [0.05, 0.1) is 17.2 Å². The van der Waals surface area contributed by atoms with Crippen molar-refractivity contribution in [2.45, 2.75) is 43.9 Å². The standard InChI is InChI=1S/C46H34N4O/c47-28-32-17-10-21-37-40(32)41-33(18-12-22-38(41)46(37)25-8-3-9-26-46)31-23-24-39-36(27-31)34-19-11-20-35(42(34)51-39)45-49-43(29-13-4-1-5-14-29)48-44(50-45)30-15-6-2-7-16-30/h1-2,4-7,10-21,23-24,27,38H,3,8-9,22,25-26H2. The molecule has 51 heavy (non-hydrogen) atoms. The summed E-state index contributed by atoms with van der Waals surface area (Å²) in [6.45, 7) is 0. The van der Waals surface area contributed by atoms with Gasteiger partial charge in [-0.2, -0.15) is 5.26 Å². The Balaban J connectivity index is 1.15. The van der Waals surface area contributed by atoms with Crippen molar-refractivity contribution < 1.29 is 4.42 Å². The number of rotatable bonds is 4. The molecule has 0 radical (unpaired) electrons. The zero-order chi connectivity index (χ0) is 33.9. The van der Waals surface area contributed by atoms with Crippen LogP contribution < -0.4 is 0 Å². The van der Waals surface area contributed by atoms with Gasteiger partial charge in [-0.05, 0) is 71.7 Å². The number of nitrogens with zero attached hydrogens (tertiary/aromatic N) is 4. The molecule has 3 aliphatic carbocycles. The van der Waals surface area contributed by atoms with E-state index in [0.29, 0.717) is 23.4 Å². The number of benzene rings is 5. The Morgan fingerprint density at radius 3 is 2.10 bits per heavy atom. The Hall–Kier alpha value is -6.12. The maximum atomic E-state index is 10.3. The summed E-state index contributed by atoms with van der Waals surface area (Å²) in [7, 11) is 0. The molecule has 5 aromatic carbocycles. The van der Waals surface area contributed by atoms with Gasteiger partial charge in [-0.3, -0.25) is 0 Å². The average Bonchev–Trinajstić information content (AvgIpc) is 3.71. The zero-order valence-electron chi connectivity index (χ0n) is 28.1. The smallest absolute Gasteiger partial charge is 0.167 e. The molecule has 1 saturated carbocycles. The lowest BCUT2D eigenvalue weighted by Crippen LogP contribution is -2.34. The van der Waals surface area contributed by atoms with E-state index >= 15 is 0 Å². The van der Waals surface area contributed by atoms with Crippen molar-refractivity contribution in [2.24, 2.45) is 5.92 Å². The molecule has 1 unspecified atom stereocenters. The van der Waals surface area contributed by atoms with E-state index in [2.05, 4.69) is 60.7 Å². The lowest BCUT2D eigenvalue weighted by Gasteiger charge is -2.41. The van der Waals surface area contributed by atoms with E-state index in [1.807, 2.05) is 72.8 Å². The summed E-state index contributed by atoms with van der Waals surface area (Å²) in [5.74, 6) is 2.18. The average molecular weight is 659 g/mol. The summed E-state index contributed by atoms with van der Waals surface area (Å²) in [6, 6.07) is 41.8. The highest BCUT2D eigenvalue weighted by atomic mass is 16.3. The van der Waals surface area contributed by atoms with Gasteiger partial charge in [0, 0.05) is 32.9 Å². The zero-order valence-corrected chi connectivity index (χ0v) is 28.1. The number of hydrogen-bond acceptors (Lipinski definition) is 5. The predicted octanol–water partition coefficient (Wildman–Crippen LogP) is 11.3. The second kappa shape index (κ2) is 11.7. The van der Waals surface area contributed by atoms with E-state index in [1.165, 1.54) is 54.4 Å². The van der Waals surface area contributed by atoms with Crippen molar-refractivity contribution in [3.63, 3.8) is 0 Å². The lowest BCUT2D eigenvalue weighted by molar-refractivity contribution is 0.241. The van der Waals surface area contributed by atoms with Crippen LogP contribution in [0, 0.1) is 17.2 Å². The summed E-state index contributed by atoms with van der Waals surface area (Å²) < 4.78 is 6.66. The Morgan fingerprint density at radius 1 is 0.667 bits per heavy atom. The number of furan rings is 1. The molecule has 7 aromatic rings. The summed E-state index contributed by atoms with van der Waals surface area (Å²) in [4.78, 5) is 14.9. The fraction of sp³-hybridized carbons (Fsp3) is 0.174. The minimum Gasteiger partial charge on any atom is -0.455 e. The quantitative estimate of drug-likeness (QED) is 0.188. The molecule has 5 heteroatoms. The lowest BCUT2D eigenvalue weighted by atomic mass is 9.63. The maximum absolute atomic E-state index is 10.3. The van der Waals surface area contributed by atoms with E-state index in [4.69, 9.17) is 19.4 Å². The Bertz CT molecular complexity index is 2540. The molecule has 0 N–H and O–H groups in total. The number of hydrogen-bond donors (Lipinski definition) is 0. The van der Waals surface area contributed by atoms with Gasteiger partial charge >= 0.3 is 0 Å². The normalized spacial score (nSPS) is 17.5. The predicted molar refractivity (Wildman–Crippen MR) is 203 cm³/mol. The van der Waals surface area contributed by atoms with Gasteiger partial charge in [0.1, 0.15) is 11.2 Å². The molecule has 1 atom stereocenters. The molecular formula is C46H34N4O. The number of nitriles is 1. The Labute approximate surface area is 296 Å². The van der Waals surface area contributed by atoms with E-state index in [1.54, 1.807) is 0 Å². The molecular weight excluding hydrogens is 625 g/mol. The number of para-hydroxylation sites is 1. The molecule has 2 aromatic heterocycles. The summed E-state index contributed by atoms with van der Waals surface area (Å²) in [5, 5.41) is 12.4. The van der Waals surface area contributed by atoms with Gasteiger partial charge < -0.3 is 4.42 Å². The van der Waals surface area contributed by atoms with Crippen LogP contribution in [0.4, 0.5) is 0 Å². The molecule has 5 nitrogen and oxygen atoms in total. The van der Waals surface area contributed by atoms with Gasteiger partial charge in [0.15, 0.2) is 17.5 Å². The first kappa shape index (κ1) is 29.8.